The van der Waals surface area contributed by atoms with E-state index in [1.807, 2.05) is 6.07 Å². The molecule has 0 aliphatic heterocycles. The lowest BCUT2D eigenvalue weighted by molar-refractivity contribution is -0.137. The van der Waals surface area contributed by atoms with Crippen LogP contribution in [-0.4, -0.2) is 22.6 Å². The van der Waals surface area contributed by atoms with Gasteiger partial charge in [-0.05, 0) is 51.0 Å². The fourth-order valence-corrected chi connectivity index (χ4v) is 4.15. The average molecular weight is 439 g/mol. The van der Waals surface area contributed by atoms with Crippen molar-refractivity contribution < 1.29 is 19.5 Å². The average Bonchev–Trinajstić information content (AvgIpc) is 2.78. The lowest BCUT2D eigenvalue weighted by Crippen LogP contribution is -2.16. The van der Waals surface area contributed by atoms with Crippen LogP contribution in [0.4, 0.5) is 0 Å². The third kappa shape index (κ3) is 9.76. The smallest absolute Gasteiger partial charge is 0.303 e. The van der Waals surface area contributed by atoms with Gasteiger partial charge >= 0.3 is 5.97 Å². The van der Waals surface area contributed by atoms with Crippen LogP contribution < -0.4 is 0 Å². The molecule has 0 saturated carbocycles. The first-order valence-corrected chi connectivity index (χ1v) is 12.3. The molecule has 4 heteroatoms. The Bertz CT molecular complexity index is 803. The summed E-state index contributed by atoms with van der Waals surface area (Å²) in [6.45, 7) is 0. The minimum absolute atomic E-state index is 0.0187. The Morgan fingerprint density at radius 2 is 1.25 bits per heavy atom. The van der Waals surface area contributed by atoms with Crippen molar-refractivity contribution >= 4 is 17.5 Å². The topological polar surface area (TPSA) is 71.4 Å². The van der Waals surface area contributed by atoms with E-state index in [0.29, 0.717) is 29.5 Å². The number of rotatable bonds is 17. The zero-order chi connectivity index (χ0) is 23.0. The standard InChI is InChI=1S/C28H38O4/c29-26-22-23(28(32)25-20-17-16-19-24(25)26)18-14-12-10-8-6-4-2-1-3-5-7-9-11-13-15-21-27(30)31/h1,3,16-17,19-20,22H,2,4-15,18,21H2,(H,30,31). The van der Waals surface area contributed by atoms with Crippen LogP contribution in [0, 0.1) is 0 Å². The van der Waals surface area contributed by atoms with Crippen LogP contribution >= 0.6 is 0 Å². The predicted molar refractivity (Wildman–Crippen MR) is 129 cm³/mol. The number of aliphatic carboxylic acids is 1. The largest absolute Gasteiger partial charge is 0.481 e. The number of Topliss-reactive ketones (excluding diaryl/α,β-unsaturated/α-hetero) is 1. The van der Waals surface area contributed by atoms with Gasteiger partial charge in [-0.2, -0.15) is 0 Å². The summed E-state index contributed by atoms with van der Waals surface area (Å²) in [6.07, 6.45) is 21.6. The molecule has 0 bridgehead atoms. The summed E-state index contributed by atoms with van der Waals surface area (Å²) in [5, 5.41) is 8.59. The third-order valence-corrected chi connectivity index (χ3v) is 6.03. The normalized spacial score (nSPS) is 13.4. The maximum atomic E-state index is 12.5. The number of unbranched alkanes of at least 4 members (excludes halogenated alkanes) is 11. The monoisotopic (exact) mass is 438 g/mol. The second-order valence-electron chi connectivity index (χ2n) is 8.74. The number of hydrogen-bond donors (Lipinski definition) is 1. The van der Waals surface area contributed by atoms with Crippen LogP contribution in [-0.2, 0) is 4.79 Å². The van der Waals surface area contributed by atoms with Crippen LogP contribution in [0.1, 0.15) is 117 Å². The number of carbonyl (C=O) groups is 3. The van der Waals surface area contributed by atoms with Crippen molar-refractivity contribution in [2.24, 2.45) is 0 Å². The van der Waals surface area contributed by atoms with E-state index >= 15 is 0 Å². The van der Waals surface area contributed by atoms with Gasteiger partial charge in [0.05, 0.1) is 0 Å². The van der Waals surface area contributed by atoms with Gasteiger partial charge in [0.25, 0.3) is 0 Å². The number of ketones is 2. The number of carbonyl (C=O) groups excluding carboxylic acids is 2. The van der Waals surface area contributed by atoms with E-state index in [-0.39, 0.29) is 11.6 Å². The first-order valence-electron chi connectivity index (χ1n) is 12.3. The van der Waals surface area contributed by atoms with Crippen LogP contribution in [0.15, 0.2) is 48.1 Å². The molecule has 32 heavy (non-hydrogen) atoms. The van der Waals surface area contributed by atoms with E-state index in [1.54, 1.807) is 18.2 Å². The first kappa shape index (κ1) is 25.8. The summed E-state index contributed by atoms with van der Waals surface area (Å²) in [4.78, 5) is 35.1. The molecule has 0 spiro atoms. The molecule has 2 rings (SSSR count). The molecule has 0 amide bonds. The summed E-state index contributed by atoms with van der Waals surface area (Å²) >= 11 is 0. The van der Waals surface area contributed by atoms with Crippen molar-refractivity contribution in [3.05, 3.63) is 59.2 Å². The molecule has 0 aromatic heterocycles. The van der Waals surface area contributed by atoms with Crippen molar-refractivity contribution in [2.75, 3.05) is 0 Å². The second-order valence-corrected chi connectivity index (χ2v) is 8.74. The summed E-state index contributed by atoms with van der Waals surface area (Å²) < 4.78 is 0. The highest BCUT2D eigenvalue weighted by Crippen LogP contribution is 2.24. The van der Waals surface area contributed by atoms with Crippen molar-refractivity contribution in [3.63, 3.8) is 0 Å². The predicted octanol–water partition coefficient (Wildman–Crippen LogP) is 7.48. The van der Waals surface area contributed by atoms with E-state index in [1.165, 1.54) is 44.6 Å². The van der Waals surface area contributed by atoms with E-state index in [9.17, 15) is 14.4 Å². The summed E-state index contributed by atoms with van der Waals surface area (Å²) in [6, 6.07) is 7.09. The number of benzene rings is 1. The van der Waals surface area contributed by atoms with Gasteiger partial charge in [-0.25, -0.2) is 0 Å². The van der Waals surface area contributed by atoms with Gasteiger partial charge in [0.1, 0.15) is 0 Å². The van der Waals surface area contributed by atoms with Gasteiger partial charge in [-0.15, -0.1) is 0 Å². The van der Waals surface area contributed by atoms with Gasteiger partial charge in [0.15, 0.2) is 11.6 Å². The Balaban J connectivity index is 1.42. The lowest BCUT2D eigenvalue weighted by Gasteiger charge is -2.14. The minimum Gasteiger partial charge on any atom is -0.481 e. The molecule has 0 heterocycles. The summed E-state index contributed by atoms with van der Waals surface area (Å²) in [5.41, 5.74) is 1.75. The fraction of sp³-hybridized carbons (Fsp3) is 0.536. The highest BCUT2D eigenvalue weighted by Gasteiger charge is 2.24. The van der Waals surface area contributed by atoms with Crippen LogP contribution in [0.5, 0.6) is 0 Å². The van der Waals surface area contributed by atoms with Gasteiger partial charge in [-0.3, -0.25) is 14.4 Å². The zero-order valence-corrected chi connectivity index (χ0v) is 19.3. The number of allylic oxidation sites excluding steroid dienone is 4. The fourth-order valence-electron chi connectivity index (χ4n) is 4.15. The maximum Gasteiger partial charge on any atom is 0.303 e. The number of hydrogen-bond acceptors (Lipinski definition) is 3. The van der Waals surface area contributed by atoms with Gasteiger partial charge in [0, 0.05) is 23.1 Å². The van der Waals surface area contributed by atoms with Crippen LogP contribution in [0.2, 0.25) is 0 Å². The van der Waals surface area contributed by atoms with Crippen molar-refractivity contribution in [1.82, 2.24) is 0 Å². The Morgan fingerprint density at radius 3 is 1.88 bits per heavy atom. The van der Waals surface area contributed by atoms with Gasteiger partial charge in [0.2, 0.25) is 0 Å². The number of carboxylic acids is 1. The molecule has 0 atom stereocenters. The van der Waals surface area contributed by atoms with Crippen LogP contribution in [0.3, 0.4) is 0 Å². The van der Waals surface area contributed by atoms with Gasteiger partial charge in [-0.1, -0.05) is 81.4 Å². The third-order valence-electron chi connectivity index (χ3n) is 6.03. The van der Waals surface area contributed by atoms with E-state index in [4.69, 9.17) is 5.11 Å². The maximum absolute atomic E-state index is 12.5. The van der Waals surface area contributed by atoms with Crippen LogP contribution in [0.25, 0.3) is 0 Å². The highest BCUT2D eigenvalue weighted by molar-refractivity contribution is 6.24. The summed E-state index contributed by atoms with van der Waals surface area (Å²) in [7, 11) is 0. The molecule has 1 aliphatic carbocycles. The Labute approximate surface area is 192 Å². The molecule has 4 nitrogen and oxygen atoms in total. The molecule has 174 valence electrons. The Kier molecular flexibility index (Phi) is 12.3. The van der Waals surface area contributed by atoms with Crippen molar-refractivity contribution in [1.29, 1.82) is 0 Å². The quantitative estimate of drug-likeness (QED) is 0.202. The zero-order valence-electron chi connectivity index (χ0n) is 19.3. The molecule has 1 aromatic rings. The summed E-state index contributed by atoms with van der Waals surface area (Å²) in [5.74, 6) is -0.713. The van der Waals surface area contributed by atoms with E-state index in [0.717, 1.165) is 44.9 Å². The second kappa shape index (κ2) is 15.3. The highest BCUT2D eigenvalue weighted by atomic mass is 16.4. The number of fused-ring (bicyclic) bond motifs is 1. The molecule has 0 saturated heterocycles. The van der Waals surface area contributed by atoms with Crippen molar-refractivity contribution in [3.8, 4) is 0 Å². The SMILES string of the molecule is O=C(O)CCCCCCCC=CCCCCCCCCC1=CC(=O)c2ccccc2C1=O. The molecular formula is C28H38O4. The molecular weight excluding hydrogens is 400 g/mol. The Hall–Kier alpha value is -2.49. The molecule has 0 unspecified atom stereocenters. The molecule has 0 radical (unpaired) electrons. The van der Waals surface area contributed by atoms with E-state index in [2.05, 4.69) is 12.2 Å². The minimum atomic E-state index is -0.689. The molecule has 1 aliphatic rings. The lowest BCUT2D eigenvalue weighted by atomic mass is 9.87. The Morgan fingerprint density at radius 1 is 0.719 bits per heavy atom. The number of carboxylic acid groups (broad SMARTS) is 1. The molecule has 1 aromatic carbocycles. The first-order chi connectivity index (χ1) is 15.6. The van der Waals surface area contributed by atoms with Crippen molar-refractivity contribution in [2.45, 2.75) is 96.3 Å². The van der Waals surface area contributed by atoms with E-state index < -0.39 is 5.97 Å². The molecule has 0 fully saturated rings. The molecule has 1 N–H and O–H groups in total. The van der Waals surface area contributed by atoms with Gasteiger partial charge < -0.3 is 5.11 Å².